The third-order valence-corrected chi connectivity index (χ3v) is 5.40. The van der Waals surface area contributed by atoms with Crippen molar-refractivity contribution < 1.29 is 32.8 Å². The van der Waals surface area contributed by atoms with E-state index >= 15 is 0 Å². The van der Waals surface area contributed by atoms with Gasteiger partial charge >= 0.3 is 11.9 Å². The Hall–Kier alpha value is -4.53. The highest BCUT2D eigenvalue weighted by Crippen LogP contribution is 2.41. The van der Waals surface area contributed by atoms with Crippen LogP contribution in [0.1, 0.15) is 48.4 Å². The van der Waals surface area contributed by atoms with Gasteiger partial charge in [-0.25, -0.2) is 14.0 Å². The molecule has 0 N–H and O–H groups in total. The van der Waals surface area contributed by atoms with E-state index in [1.165, 1.54) is 42.5 Å². The molecule has 4 aromatic rings. The van der Waals surface area contributed by atoms with E-state index in [0.717, 1.165) is 0 Å². The smallest absolute Gasteiger partial charge is 0.342 e. The Morgan fingerprint density at radius 2 is 1.70 bits per heavy atom. The van der Waals surface area contributed by atoms with Crippen LogP contribution in [0.5, 0.6) is 0 Å². The van der Waals surface area contributed by atoms with Crippen LogP contribution in [0.3, 0.4) is 0 Å². The summed E-state index contributed by atoms with van der Waals surface area (Å²) in [5.41, 5.74) is 0.285. The van der Waals surface area contributed by atoms with Gasteiger partial charge in [-0.05, 0) is 75.7 Å². The maximum atomic E-state index is 13.5. The van der Waals surface area contributed by atoms with Crippen LogP contribution < -0.4 is 0 Å². The molecule has 37 heavy (non-hydrogen) atoms. The second kappa shape index (κ2) is 9.85. The molecule has 0 aliphatic carbocycles. The van der Waals surface area contributed by atoms with Crippen LogP contribution in [0.4, 0.5) is 10.1 Å². The summed E-state index contributed by atoms with van der Waals surface area (Å²) in [4.78, 5) is 37.0. The topological polar surface area (TPSA) is 109 Å². The summed E-state index contributed by atoms with van der Waals surface area (Å²) >= 11 is 0. The van der Waals surface area contributed by atoms with E-state index in [1.54, 1.807) is 45.9 Å². The van der Waals surface area contributed by atoms with E-state index in [-0.39, 0.29) is 45.7 Å². The number of nitro benzene ring substituents is 1. The van der Waals surface area contributed by atoms with Crippen molar-refractivity contribution in [2.45, 2.75) is 33.3 Å². The SMILES string of the molecule is CCOC(=O)c1c(-c2ccc(F)cc2)oc2cc([N+](=O)[O-])c(-c3cccc(C(=O)OC(C)(C)C)c3)cc12. The zero-order valence-corrected chi connectivity index (χ0v) is 20.7. The lowest BCUT2D eigenvalue weighted by atomic mass is 9.97. The summed E-state index contributed by atoms with van der Waals surface area (Å²) in [6.07, 6.45) is 0. The van der Waals surface area contributed by atoms with Gasteiger partial charge in [-0.15, -0.1) is 0 Å². The monoisotopic (exact) mass is 505 g/mol. The average Bonchev–Trinajstić information content (AvgIpc) is 3.21. The van der Waals surface area contributed by atoms with E-state index in [2.05, 4.69) is 0 Å². The minimum absolute atomic E-state index is 0.0582. The van der Waals surface area contributed by atoms with Crippen molar-refractivity contribution in [3.8, 4) is 22.5 Å². The van der Waals surface area contributed by atoms with Gasteiger partial charge in [0.2, 0.25) is 0 Å². The lowest BCUT2D eigenvalue weighted by Crippen LogP contribution is -2.23. The molecule has 0 bridgehead atoms. The van der Waals surface area contributed by atoms with Crippen LogP contribution in [0.25, 0.3) is 33.4 Å². The number of esters is 2. The number of hydrogen-bond acceptors (Lipinski definition) is 7. The highest BCUT2D eigenvalue weighted by atomic mass is 19.1. The zero-order valence-electron chi connectivity index (χ0n) is 20.7. The fraction of sp³-hybridized carbons (Fsp3) is 0.214. The molecule has 0 atom stereocenters. The van der Waals surface area contributed by atoms with Gasteiger partial charge in [0.05, 0.1) is 28.7 Å². The van der Waals surface area contributed by atoms with E-state index < -0.39 is 28.3 Å². The maximum absolute atomic E-state index is 13.5. The van der Waals surface area contributed by atoms with Gasteiger partial charge in [-0.3, -0.25) is 10.1 Å². The largest absolute Gasteiger partial charge is 0.462 e. The van der Waals surface area contributed by atoms with Crippen molar-refractivity contribution in [2.24, 2.45) is 0 Å². The number of carbonyl (C=O) groups is 2. The molecular weight excluding hydrogens is 481 g/mol. The molecule has 0 aliphatic heterocycles. The molecule has 0 radical (unpaired) electrons. The molecule has 0 amide bonds. The van der Waals surface area contributed by atoms with E-state index in [9.17, 15) is 24.1 Å². The number of nitro groups is 1. The Bertz CT molecular complexity index is 1510. The van der Waals surface area contributed by atoms with Gasteiger partial charge in [0.15, 0.2) is 0 Å². The molecule has 190 valence electrons. The lowest BCUT2D eigenvalue weighted by Gasteiger charge is -2.19. The summed E-state index contributed by atoms with van der Waals surface area (Å²) in [5.74, 6) is -1.64. The third-order valence-electron chi connectivity index (χ3n) is 5.40. The number of ether oxygens (including phenoxy) is 2. The first kappa shape index (κ1) is 25.6. The highest BCUT2D eigenvalue weighted by Gasteiger charge is 2.28. The predicted molar refractivity (Wildman–Crippen MR) is 135 cm³/mol. The van der Waals surface area contributed by atoms with Crippen LogP contribution in [0, 0.1) is 15.9 Å². The van der Waals surface area contributed by atoms with Crippen LogP contribution in [-0.2, 0) is 9.47 Å². The Morgan fingerprint density at radius 1 is 1.00 bits per heavy atom. The van der Waals surface area contributed by atoms with E-state index in [1.807, 2.05) is 0 Å². The second-order valence-electron chi connectivity index (χ2n) is 9.24. The highest BCUT2D eigenvalue weighted by molar-refractivity contribution is 6.10. The van der Waals surface area contributed by atoms with Gasteiger partial charge in [-0.2, -0.15) is 0 Å². The van der Waals surface area contributed by atoms with Gasteiger partial charge in [0.25, 0.3) is 5.69 Å². The predicted octanol–water partition coefficient (Wildman–Crippen LogP) is 6.95. The van der Waals surface area contributed by atoms with Crippen LogP contribution in [0.2, 0.25) is 0 Å². The molecule has 0 fully saturated rings. The first-order valence-electron chi connectivity index (χ1n) is 11.5. The van der Waals surface area contributed by atoms with Gasteiger partial charge < -0.3 is 13.9 Å². The quantitative estimate of drug-likeness (QED) is 0.158. The standard InChI is InChI=1S/C28H24FNO7/c1-5-35-27(32)24-21-14-20(17-7-6-8-18(13-17)26(31)37-28(2,3)4)22(30(33)34)15-23(21)36-25(24)16-9-11-19(29)12-10-16/h6-15H,5H2,1-4H3. The first-order valence-corrected chi connectivity index (χ1v) is 11.5. The number of carbonyl (C=O) groups excluding carboxylic acids is 2. The molecule has 8 nitrogen and oxygen atoms in total. The summed E-state index contributed by atoms with van der Waals surface area (Å²) in [6, 6.07) is 14.3. The van der Waals surface area contributed by atoms with E-state index in [4.69, 9.17) is 13.9 Å². The number of nitrogens with zero attached hydrogens (tertiary/aromatic N) is 1. The van der Waals surface area contributed by atoms with Crippen LogP contribution in [0.15, 0.2) is 65.1 Å². The number of halogens is 1. The molecular formula is C28H24FNO7. The third kappa shape index (κ3) is 5.35. The average molecular weight is 505 g/mol. The molecule has 1 heterocycles. The Balaban J connectivity index is 1.95. The summed E-state index contributed by atoms with van der Waals surface area (Å²) in [7, 11) is 0. The lowest BCUT2D eigenvalue weighted by molar-refractivity contribution is -0.384. The summed E-state index contributed by atoms with van der Waals surface area (Å²) in [6.45, 7) is 6.95. The van der Waals surface area contributed by atoms with Crippen LogP contribution >= 0.6 is 0 Å². The molecule has 4 rings (SSSR count). The van der Waals surface area contributed by atoms with Gasteiger partial charge in [0.1, 0.15) is 28.3 Å². The first-order chi connectivity index (χ1) is 17.5. The Morgan fingerprint density at radius 3 is 2.32 bits per heavy atom. The maximum Gasteiger partial charge on any atom is 0.342 e. The number of benzene rings is 3. The molecule has 0 unspecified atom stereocenters. The molecule has 3 aromatic carbocycles. The van der Waals surface area contributed by atoms with Crippen molar-refractivity contribution in [3.63, 3.8) is 0 Å². The molecule has 1 aromatic heterocycles. The second-order valence-corrected chi connectivity index (χ2v) is 9.24. The number of furan rings is 1. The zero-order chi connectivity index (χ0) is 26.9. The fourth-order valence-electron chi connectivity index (χ4n) is 3.88. The van der Waals surface area contributed by atoms with Crippen molar-refractivity contribution >= 4 is 28.6 Å². The van der Waals surface area contributed by atoms with Crippen molar-refractivity contribution in [2.75, 3.05) is 6.61 Å². The molecule has 0 spiro atoms. The normalized spacial score (nSPS) is 11.4. The number of hydrogen-bond donors (Lipinski definition) is 0. The van der Waals surface area contributed by atoms with Crippen molar-refractivity contribution in [1.82, 2.24) is 0 Å². The van der Waals surface area contributed by atoms with E-state index in [0.29, 0.717) is 11.1 Å². The Labute approximate surface area is 211 Å². The molecule has 0 saturated carbocycles. The molecule has 0 saturated heterocycles. The molecule has 9 heteroatoms. The Kier molecular flexibility index (Phi) is 6.80. The minimum atomic E-state index is -0.722. The van der Waals surface area contributed by atoms with Crippen LogP contribution in [-0.4, -0.2) is 29.1 Å². The van der Waals surface area contributed by atoms with Crippen molar-refractivity contribution in [1.29, 1.82) is 0 Å². The van der Waals surface area contributed by atoms with Gasteiger partial charge in [-0.1, -0.05) is 12.1 Å². The fourth-order valence-corrected chi connectivity index (χ4v) is 3.88. The van der Waals surface area contributed by atoms with Gasteiger partial charge in [0, 0.05) is 10.9 Å². The number of fused-ring (bicyclic) bond motifs is 1. The summed E-state index contributed by atoms with van der Waals surface area (Å²) < 4.78 is 30.1. The summed E-state index contributed by atoms with van der Waals surface area (Å²) in [5, 5.41) is 12.3. The molecule has 0 aliphatic rings. The number of rotatable bonds is 6. The minimum Gasteiger partial charge on any atom is -0.462 e. The van der Waals surface area contributed by atoms with Crippen molar-refractivity contribution in [3.05, 3.63) is 87.7 Å².